The summed E-state index contributed by atoms with van der Waals surface area (Å²) in [5, 5.41) is 12.0. The van der Waals surface area contributed by atoms with E-state index in [0.29, 0.717) is 5.89 Å². The Balaban J connectivity index is 1.82. The molecule has 0 bridgehead atoms. The summed E-state index contributed by atoms with van der Waals surface area (Å²) in [6, 6.07) is 2.16. The Morgan fingerprint density at radius 1 is 1.43 bits per heavy atom. The smallest absolute Gasteiger partial charge is 0.251 e. The third-order valence-electron chi connectivity index (χ3n) is 4.04. The van der Waals surface area contributed by atoms with Crippen LogP contribution >= 0.6 is 0 Å². The second kappa shape index (κ2) is 5.57. The van der Waals surface area contributed by atoms with Crippen LogP contribution in [0, 0.1) is 13.8 Å². The first kappa shape index (κ1) is 14.2. The molecule has 0 radical (unpaired) electrons. The molecule has 1 saturated heterocycles. The minimum absolute atomic E-state index is 0.0539. The Morgan fingerprint density at radius 3 is 2.90 bits per heavy atom. The maximum Gasteiger partial charge on any atom is 0.251 e. The molecular weight excluding hydrogens is 268 g/mol. The number of hydrogen-bond donors (Lipinski definition) is 1. The Morgan fingerprint density at radius 2 is 2.24 bits per heavy atom. The standard InChI is InChI=1S/C14H22N6O/c1-9-7-10(2)20(17-9)11(3)14-16-13(18-21-14)12-8-15-5-6-19(12)4/h7,11-12,15H,5-6,8H2,1-4H3. The van der Waals surface area contributed by atoms with E-state index >= 15 is 0 Å². The number of rotatable bonds is 3. The fourth-order valence-corrected chi connectivity index (χ4v) is 2.79. The van der Waals surface area contributed by atoms with E-state index in [1.54, 1.807) is 0 Å². The highest BCUT2D eigenvalue weighted by atomic mass is 16.5. The number of hydrogen-bond acceptors (Lipinski definition) is 6. The molecular formula is C14H22N6O. The lowest BCUT2D eigenvalue weighted by Crippen LogP contribution is -2.44. The fourth-order valence-electron chi connectivity index (χ4n) is 2.79. The summed E-state index contributed by atoms with van der Waals surface area (Å²) in [5.74, 6) is 1.35. The zero-order valence-electron chi connectivity index (χ0n) is 13.0. The van der Waals surface area contributed by atoms with E-state index in [0.717, 1.165) is 36.8 Å². The summed E-state index contributed by atoms with van der Waals surface area (Å²) in [6.07, 6.45) is 0. The van der Waals surface area contributed by atoms with Crippen LogP contribution in [-0.4, -0.2) is 51.5 Å². The molecule has 3 heterocycles. The number of piperazine rings is 1. The first-order valence-corrected chi connectivity index (χ1v) is 7.33. The van der Waals surface area contributed by atoms with E-state index < -0.39 is 0 Å². The van der Waals surface area contributed by atoms with E-state index in [1.165, 1.54) is 0 Å². The number of nitrogens with zero attached hydrogens (tertiary/aromatic N) is 5. The van der Waals surface area contributed by atoms with Gasteiger partial charge in [0.05, 0.1) is 11.7 Å². The summed E-state index contributed by atoms with van der Waals surface area (Å²) < 4.78 is 7.40. The van der Waals surface area contributed by atoms with E-state index in [-0.39, 0.29) is 12.1 Å². The maximum atomic E-state index is 5.47. The molecule has 2 aromatic heterocycles. The van der Waals surface area contributed by atoms with Crippen LogP contribution in [0.1, 0.15) is 42.1 Å². The monoisotopic (exact) mass is 290 g/mol. The highest BCUT2D eigenvalue weighted by molar-refractivity contribution is 5.10. The SMILES string of the molecule is Cc1cc(C)n(C(C)c2nc(C3CNCCN3C)no2)n1. The topological polar surface area (TPSA) is 72.0 Å². The van der Waals surface area contributed by atoms with Crippen molar-refractivity contribution in [2.75, 3.05) is 26.7 Å². The number of likely N-dealkylation sites (N-methyl/N-ethyl adjacent to an activating group) is 1. The molecule has 0 aliphatic carbocycles. The van der Waals surface area contributed by atoms with Crippen LogP contribution in [0.3, 0.4) is 0 Å². The molecule has 0 spiro atoms. The normalized spacial score (nSPS) is 21.6. The van der Waals surface area contributed by atoms with Crippen LogP contribution in [0.15, 0.2) is 10.6 Å². The second-order valence-corrected chi connectivity index (χ2v) is 5.74. The van der Waals surface area contributed by atoms with Gasteiger partial charge in [-0.25, -0.2) is 0 Å². The first-order chi connectivity index (χ1) is 10.1. The average Bonchev–Trinajstić information content (AvgIpc) is 3.05. The fraction of sp³-hybridized carbons (Fsp3) is 0.643. The summed E-state index contributed by atoms with van der Waals surface area (Å²) in [5.41, 5.74) is 2.09. The lowest BCUT2D eigenvalue weighted by Gasteiger charge is -2.30. The molecule has 7 nitrogen and oxygen atoms in total. The van der Waals surface area contributed by atoms with Crippen LogP contribution in [0.25, 0.3) is 0 Å². The predicted molar refractivity (Wildman–Crippen MR) is 78.1 cm³/mol. The Kier molecular flexibility index (Phi) is 3.77. The summed E-state index contributed by atoms with van der Waals surface area (Å²) in [4.78, 5) is 6.84. The first-order valence-electron chi connectivity index (χ1n) is 7.33. The molecule has 2 unspecified atom stereocenters. The van der Waals surface area contributed by atoms with Gasteiger partial charge >= 0.3 is 0 Å². The van der Waals surface area contributed by atoms with Gasteiger partial charge in [0.25, 0.3) is 5.89 Å². The number of aryl methyl sites for hydroxylation is 2. The largest absolute Gasteiger partial charge is 0.337 e. The molecule has 3 rings (SSSR count). The summed E-state index contributed by atoms with van der Waals surface area (Å²) >= 11 is 0. The highest BCUT2D eigenvalue weighted by Gasteiger charge is 2.27. The summed E-state index contributed by atoms with van der Waals surface area (Å²) in [6.45, 7) is 8.88. The van der Waals surface area contributed by atoms with Crippen LogP contribution in [0.5, 0.6) is 0 Å². The molecule has 7 heteroatoms. The third kappa shape index (κ3) is 2.71. The maximum absolute atomic E-state index is 5.47. The van der Waals surface area contributed by atoms with Gasteiger partial charge in [-0.15, -0.1) is 0 Å². The molecule has 0 amide bonds. The van der Waals surface area contributed by atoms with Gasteiger partial charge < -0.3 is 9.84 Å². The number of aromatic nitrogens is 4. The quantitative estimate of drug-likeness (QED) is 0.911. The minimum atomic E-state index is -0.0539. The van der Waals surface area contributed by atoms with Crippen molar-refractivity contribution in [3.05, 3.63) is 29.2 Å². The molecule has 21 heavy (non-hydrogen) atoms. The van der Waals surface area contributed by atoms with Crippen molar-refractivity contribution < 1.29 is 4.52 Å². The number of nitrogens with one attached hydrogen (secondary N) is 1. The van der Waals surface area contributed by atoms with Crippen LogP contribution < -0.4 is 5.32 Å². The second-order valence-electron chi connectivity index (χ2n) is 5.74. The Bertz CT molecular complexity index is 619. The van der Waals surface area contributed by atoms with Gasteiger partial charge in [0.15, 0.2) is 5.82 Å². The van der Waals surface area contributed by atoms with E-state index in [4.69, 9.17) is 4.52 Å². The van der Waals surface area contributed by atoms with Gasteiger partial charge in [0, 0.05) is 25.3 Å². The van der Waals surface area contributed by atoms with Gasteiger partial charge in [0.2, 0.25) is 0 Å². The third-order valence-corrected chi connectivity index (χ3v) is 4.04. The molecule has 2 atom stereocenters. The van der Waals surface area contributed by atoms with Crippen molar-refractivity contribution in [3.8, 4) is 0 Å². The molecule has 1 fully saturated rings. The van der Waals surface area contributed by atoms with Crippen molar-refractivity contribution in [2.45, 2.75) is 32.9 Å². The lowest BCUT2D eigenvalue weighted by atomic mass is 10.2. The lowest BCUT2D eigenvalue weighted by molar-refractivity contribution is 0.190. The van der Waals surface area contributed by atoms with Crippen molar-refractivity contribution in [3.63, 3.8) is 0 Å². The molecule has 2 aromatic rings. The molecule has 0 saturated carbocycles. The van der Waals surface area contributed by atoms with Gasteiger partial charge in [-0.1, -0.05) is 5.16 Å². The molecule has 0 aromatic carbocycles. The summed E-state index contributed by atoms with van der Waals surface area (Å²) in [7, 11) is 2.09. The van der Waals surface area contributed by atoms with Gasteiger partial charge in [0.1, 0.15) is 6.04 Å². The van der Waals surface area contributed by atoms with E-state index in [2.05, 4.69) is 32.5 Å². The predicted octanol–water partition coefficient (Wildman–Crippen LogP) is 1.07. The zero-order valence-corrected chi connectivity index (χ0v) is 13.0. The van der Waals surface area contributed by atoms with Crippen LogP contribution in [0.4, 0.5) is 0 Å². The van der Waals surface area contributed by atoms with Crippen molar-refractivity contribution >= 4 is 0 Å². The minimum Gasteiger partial charge on any atom is -0.337 e. The molecule has 1 N–H and O–H groups in total. The zero-order chi connectivity index (χ0) is 15.0. The average molecular weight is 290 g/mol. The van der Waals surface area contributed by atoms with Gasteiger partial charge in [-0.3, -0.25) is 9.58 Å². The Hall–Kier alpha value is -1.73. The molecule has 1 aliphatic heterocycles. The van der Waals surface area contributed by atoms with Gasteiger partial charge in [-0.05, 0) is 33.9 Å². The van der Waals surface area contributed by atoms with E-state index in [1.807, 2.05) is 31.5 Å². The van der Waals surface area contributed by atoms with Crippen molar-refractivity contribution in [1.82, 2.24) is 30.1 Å². The van der Waals surface area contributed by atoms with Crippen molar-refractivity contribution in [2.24, 2.45) is 0 Å². The Labute approximate surface area is 124 Å². The molecule has 1 aliphatic rings. The highest BCUT2D eigenvalue weighted by Crippen LogP contribution is 2.22. The van der Waals surface area contributed by atoms with Gasteiger partial charge in [-0.2, -0.15) is 10.1 Å². The van der Waals surface area contributed by atoms with E-state index in [9.17, 15) is 0 Å². The van der Waals surface area contributed by atoms with Crippen molar-refractivity contribution in [1.29, 1.82) is 0 Å². The van der Waals surface area contributed by atoms with Crippen LogP contribution in [0.2, 0.25) is 0 Å². The molecule has 114 valence electrons. The van der Waals surface area contributed by atoms with Crippen LogP contribution in [-0.2, 0) is 0 Å².